The Morgan fingerprint density at radius 2 is 1.94 bits per heavy atom. The second-order valence-electron chi connectivity index (χ2n) is 4.85. The first kappa shape index (κ1) is 12.9. The summed E-state index contributed by atoms with van der Waals surface area (Å²) in [5.41, 5.74) is 7.45. The van der Waals surface area contributed by atoms with E-state index in [9.17, 15) is 0 Å². The molecule has 1 aromatic rings. The van der Waals surface area contributed by atoms with E-state index in [0.29, 0.717) is 5.92 Å². The highest BCUT2D eigenvalue weighted by Crippen LogP contribution is 2.23. The molecule has 1 aliphatic rings. The molecule has 0 spiro atoms. The minimum Gasteiger partial charge on any atom is -0.384 e. The zero-order valence-electron chi connectivity index (χ0n) is 10.9. The average Bonchev–Trinajstić information content (AvgIpc) is 2.40. The monoisotopic (exact) mass is 247 g/mol. The van der Waals surface area contributed by atoms with Gasteiger partial charge in [0.2, 0.25) is 0 Å². The second kappa shape index (κ2) is 5.87. The number of nitrogens with zero attached hydrogens (tertiary/aromatic N) is 1. The van der Waals surface area contributed by atoms with Crippen LogP contribution in [0.3, 0.4) is 0 Å². The number of nitrogens with one attached hydrogen (secondary N) is 1. The highest BCUT2D eigenvalue weighted by Gasteiger charge is 2.19. The number of amidine groups is 1. The van der Waals surface area contributed by atoms with Crippen LogP contribution in [0.5, 0.6) is 0 Å². The lowest BCUT2D eigenvalue weighted by molar-refractivity contribution is 0.139. The van der Waals surface area contributed by atoms with E-state index in [1.54, 1.807) is 7.11 Å². The summed E-state index contributed by atoms with van der Waals surface area (Å²) < 4.78 is 5.21. The first-order valence-electron chi connectivity index (χ1n) is 6.39. The molecule has 4 nitrogen and oxygen atoms in total. The summed E-state index contributed by atoms with van der Waals surface area (Å²) in [5, 5.41) is 7.37. The molecule has 18 heavy (non-hydrogen) atoms. The number of hydrogen-bond donors (Lipinski definition) is 2. The van der Waals surface area contributed by atoms with Gasteiger partial charge >= 0.3 is 0 Å². The predicted octanol–water partition coefficient (Wildman–Crippen LogP) is 1.83. The van der Waals surface area contributed by atoms with E-state index in [-0.39, 0.29) is 5.84 Å². The third-order valence-electron chi connectivity index (χ3n) is 3.56. The van der Waals surface area contributed by atoms with E-state index >= 15 is 0 Å². The summed E-state index contributed by atoms with van der Waals surface area (Å²) >= 11 is 0. The minimum absolute atomic E-state index is 0.125. The number of benzene rings is 1. The SMILES string of the molecule is COCC1CCN(c2ccc(C(=N)N)cc2)CC1. The van der Waals surface area contributed by atoms with Crippen LogP contribution in [0.25, 0.3) is 0 Å². The average molecular weight is 247 g/mol. The maximum Gasteiger partial charge on any atom is 0.122 e. The first-order chi connectivity index (χ1) is 8.70. The molecule has 4 heteroatoms. The lowest BCUT2D eigenvalue weighted by Crippen LogP contribution is -2.34. The molecule has 0 saturated carbocycles. The molecular formula is C14H21N3O. The fourth-order valence-electron chi connectivity index (χ4n) is 2.45. The van der Waals surface area contributed by atoms with Crippen molar-refractivity contribution in [3.8, 4) is 0 Å². The standard InChI is InChI=1S/C14H21N3O/c1-18-10-11-6-8-17(9-7-11)13-4-2-12(3-5-13)14(15)16/h2-5,11H,6-10H2,1H3,(H3,15,16). The topological polar surface area (TPSA) is 62.3 Å². The van der Waals surface area contributed by atoms with Gasteiger partial charge in [-0.2, -0.15) is 0 Å². The van der Waals surface area contributed by atoms with Gasteiger partial charge in [0.05, 0.1) is 0 Å². The smallest absolute Gasteiger partial charge is 0.122 e. The largest absolute Gasteiger partial charge is 0.384 e. The van der Waals surface area contributed by atoms with Gasteiger partial charge in [0.15, 0.2) is 0 Å². The van der Waals surface area contributed by atoms with Gasteiger partial charge in [0.1, 0.15) is 5.84 Å². The molecule has 0 atom stereocenters. The molecule has 98 valence electrons. The number of anilines is 1. The van der Waals surface area contributed by atoms with Crippen molar-refractivity contribution >= 4 is 11.5 Å². The Labute approximate surface area is 108 Å². The van der Waals surface area contributed by atoms with Gasteiger partial charge in [-0.05, 0) is 43.0 Å². The van der Waals surface area contributed by atoms with E-state index in [4.69, 9.17) is 15.9 Å². The number of nitrogens with two attached hydrogens (primary N) is 1. The molecule has 0 unspecified atom stereocenters. The molecule has 0 aliphatic carbocycles. The molecule has 1 fully saturated rings. The van der Waals surface area contributed by atoms with E-state index in [2.05, 4.69) is 4.90 Å². The van der Waals surface area contributed by atoms with Gasteiger partial charge in [-0.1, -0.05) is 0 Å². The zero-order chi connectivity index (χ0) is 13.0. The van der Waals surface area contributed by atoms with Crippen LogP contribution < -0.4 is 10.6 Å². The van der Waals surface area contributed by atoms with Gasteiger partial charge < -0.3 is 15.4 Å². The lowest BCUT2D eigenvalue weighted by atomic mass is 9.97. The summed E-state index contributed by atoms with van der Waals surface area (Å²) in [6, 6.07) is 7.93. The van der Waals surface area contributed by atoms with Crippen LogP contribution in [-0.2, 0) is 4.74 Å². The Morgan fingerprint density at radius 1 is 1.33 bits per heavy atom. The minimum atomic E-state index is 0.125. The van der Waals surface area contributed by atoms with Crippen LogP contribution in [-0.4, -0.2) is 32.6 Å². The number of hydrogen-bond acceptors (Lipinski definition) is 3. The Bertz CT molecular complexity index is 394. The van der Waals surface area contributed by atoms with Crippen LogP contribution in [0.15, 0.2) is 24.3 Å². The van der Waals surface area contributed by atoms with Crippen molar-refractivity contribution in [1.29, 1.82) is 5.41 Å². The second-order valence-corrected chi connectivity index (χ2v) is 4.85. The molecule has 2 rings (SSSR count). The van der Waals surface area contributed by atoms with Crippen LogP contribution in [0, 0.1) is 11.3 Å². The van der Waals surface area contributed by atoms with Crippen LogP contribution in [0.2, 0.25) is 0 Å². The van der Waals surface area contributed by atoms with E-state index in [0.717, 1.165) is 25.3 Å². The number of nitrogen functional groups attached to an aromatic ring is 1. The number of methoxy groups -OCH3 is 1. The van der Waals surface area contributed by atoms with Crippen LogP contribution >= 0.6 is 0 Å². The first-order valence-corrected chi connectivity index (χ1v) is 6.39. The third-order valence-corrected chi connectivity index (χ3v) is 3.56. The van der Waals surface area contributed by atoms with Crippen molar-refractivity contribution in [2.24, 2.45) is 11.7 Å². The predicted molar refractivity (Wildman–Crippen MR) is 74.3 cm³/mol. The maximum atomic E-state index is 7.37. The van der Waals surface area contributed by atoms with Gasteiger partial charge in [-0.15, -0.1) is 0 Å². The number of piperidine rings is 1. The van der Waals surface area contributed by atoms with Gasteiger partial charge in [-0.25, -0.2) is 0 Å². The fourth-order valence-corrected chi connectivity index (χ4v) is 2.45. The molecule has 0 bridgehead atoms. The summed E-state index contributed by atoms with van der Waals surface area (Å²) in [6.07, 6.45) is 2.37. The van der Waals surface area contributed by atoms with Crippen molar-refractivity contribution in [3.05, 3.63) is 29.8 Å². The van der Waals surface area contributed by atoms with E-state index in [1.807, 2.05) is 24.3 Å². The van der Waals surface area contributed by atoms with Crippen molar-refractivity contribution in [1.82, 2.24) is 0 Å². The summed E-state index contributed by atoms with van der Waals surface area (Å²) in [6.45, 7) is 3.03. The van der Waals surface area contributed by atoms with Crippen LogP contribution in [0.1, 0.15) is 18.4 Å². The molecule has 1 aliphatic heterocycles. The summed E-state index contributed by atoms with van der Waals surface area (Å²) in [5.74, 6) is 0.822. The highest BCUT2D eigenvalue weighted by molar-refractivity contribution is 5.95. The zero-order valence-corrected chi connectivity index (χ0v) is 10.9. The molecule has 0 amide bonds. The Balaban J connectivity index is 1.95. The number of ether oxygens (including phenoxy) is 1. The third kappa shape index (κ3) is 3.01. The Hall–Kier alpha value is -1.55. The maximum absolute atomic E-state index is 7.37. The molecular weight excluding hydrogens is 226 g/mol. The molecule has 1 heterocycles. The molecule has 1 saturated heterocycles. The summed E-state index contributed by atoms with van der Waals surface area (Å²) in [4.78, 5) is 2.38. The van der Waals surface area contributed by atoms with Crippen molar-refractivity contribution in [3.63, 3.8) is 0 Å². The highest BCUT2D eigenvalue weighted by atomic mass is 16.5. The van der Waals surface area contributed by atoms with Crippen molar-refractivity contribution in [2.45, 2.75) is 12.8 Å². The molecule has 0 aromatic heterocycles. The normalized spacial score (nSPS) is 16.8. The van der Waals surface area contributed by atoms with Gasteiger partial charge in [0.25, 0.3) is 0 Å². The quantitative estimate of drug-likeness (QED) is 0.630. The van der Waals surface area contributed by atoms with Crippen LogP contribution in [0.4, 0.5) is 5.69 Å². The molecule has 0 radical (unpaired) electrons. The summed E-state index contributed by atoms with van der Waals surface area (Å²) in [7, 11) is 1.77. The molecule has 1 aromatic carbocycles. The lowest BCUT2D eigenvalue weighted by Gasteiger charge is -2.33. The van der Waals surface area contributed by atoms with Gasteiger partial charge in [-0.3, -0.25) is 5.41 Å². The molecule has 3 N–H and O–H groups in total. The Kier molecular flexibility index (Phi) is 4.20. The Morgan fingerprint density at radius 3 is 2.44 bits per heavy atom. The number of rotatable bonds is 4. The van der Waals surface area contributed by atoms with Crippen molar-refractivity contribution in [2.75, 3.05) is 31.7 Å². The van der Waals surface area contributed by atoms with E-state index < -0.39 is 0 Å². The fraction of sp³-hybridized carbons (Fsp3) is 0.500. The van der Waals surface area contributed by atoms with E-state index in [1.165, 1.54) is 18.5 Å². The van der Waals surface area contributed by atoms with Gasteiger partial charge in [0, 0.05) is 38.1 Å². The van der Waals surface area contributed by atoms with Crippen molar-refractivity contribution < 1.29 is 4.74 Å².